The summed E-state index contributed by atoms with van der Waals surface area (Å²) < 4.78 is 24.3. The van der Waals surface area contributed by atoms with Crippen LogP contribution in [-0.4, -0.2) is 7.11 Å². The lowest BCUT2D eigenvalue weighted by Crippen LogP contribution is -2.01. The topological polar surface area (TPSA) is 18.5 Å². The van der Waals surface area contributed by atoms with E-state index in [1.165, 1.54) is 12.1 Å². The number of hydrogen-bond donors (Lipinski definition) is 0. The summed E-state index contributed by atoms with van der Waals surface area (Å²) in [4.78, 5) is 0. The molecular weight excluding hydrogens is 359 g/mol. The minimum absolute atomic E-state index is 0.229. The van der Waals surface area contributed by atoms with Crippen LogP contribution in [0.25, 0.3) is 0 Å². The molecule has 5 heteroatoms. The van der Waals surface area contributed by atoms with E-state index < -0.39 is 0 Å². The Morgan fingerprint density at radius 2 is 2.00 bits per heavy atom. The fourth-order valence-electron chi connectivity index (χ4n) is 1.94. The average molecular weight is 374 g/mol. The van der Waals surface area contributed by atoms with Gasteiger partial charge in [0.05, 0.1) is 12.1 Å². The van der Waals surface area contributed by atoms with Crippen molar-refractivity contribution in [2.24, 2.45) is 0 Å². The molecule has 0 heterocycles. The standard InChI is InChI=1S/C16H15BrClFO2/c1-10-3-4-13(19)7-12(10)9-21-16-14(18)5-11(8-17)6-15(16)20-2/h3-7H,8-9H2,1-2H3. The molecule has 0 aliphatic heterocycles. The van der Waals surface area contributed by atoms with Gasteiger partial charge in [0.25, 0.3) is 0 Å². The van der Waals surface area contributed by atoms with Gasteiger partial charge in [-0.15, -0.1) is 0 Å². The first-order valence-electron chi connectivity index (χ1n) is 6.35. The molecule has 0 amide bonds. The van der Waals surface area contributed by atoms with E-state index in [0.717, 1.165) is 16.7 Å². The normalized spacial score (nSPS) is 10.5. The van der Waals surface area contributed by atoms with Gasteiger partial charge >= 0.3 is 0 Å². The highest BCUT2D eigenvalue weighted by Gasteiger charge is 2.12. The molecule has 0 spiro atoms. The first kappa shape index (κ1) is 16.1. The van der Waals surface area contributed by atoms with Crippen molar-refractivity contribution in [3.8, 4) is 11.5 Å². The van der Waals surface area contributed by atoms with Gasteiger partial charge in [-0.3, -0.25) is 0 Å². The fourth-order valence-corrected chi connectivity index (χ4v) is 2.55. The number of hydrogen-bond acceptors (Lipinski definition) is 2. The van der Waals surface area contributed by atoms with Crippen LogP contribution in [0.4, 0.5) is 4.39 Å². The van der Waals surface area contributed by atoms with Crippen molar-refractivity contribution in [3.63, 3.8) is 0 Å². The average Bonchev–Trinajstić information content (AvgIpc) is 2.48. The van der Waals surface area contributed by atoms with Crippen LogP contribution in [0.3, 0.4) is 0 Å². The third-order valence-electron chi connectivity index (χ3n) is 3.13. The van der Waals surface area contributed by atoms with Crippen molar-refractivity contribution in [2.45, 2.75) is 18.9 Å². The minimum Gasteiger partial charge on any atom is -0.493 e. The van der Waals surface area contributed by atoms with Gasteiger partial charge in [0.1, 0.15) is 12.4 Å². The molecule has 0 aliphatic rings. The van der Waals surface area contributed by atoms with Gasteiger partial charge < -0.3 is 9.47 Å². The quantitative estimate of drug-likeness (QED) is 0.665. The van der Waals surface area contributed by atoms with E-state index in [4.69, 9.17) is 21.1 Å². The zero-order valence-corrected chi connectivity index (χ0v) is 14.1. The summed E-state index contributed by atoms with van der Waals surface area (Å²) in [6.07, 6.45) is 0. The van der Waals surface area contributed by atoms with Crippen LogP contribution in [0.15, 0.2) is 30.3 Å². The van der Waals surface area contributed by atoms with E-state index in [1.807, 2.05) is 19.1 Å². The lowest BCUT2D eigenvalue weighted by molar-refractivity contribution is 0.283. The summed E-state index contributed by atoms with van der Waals surface area (Å²) >= 11 is 9.61. The third-order valence-corrected chi connectivity index (χ3v) is 4.05. The Bertz CT molecular complexity index is 646. The molecule has 0 radical (unpaired) electrons. The van der Waals surface area contributed by atoms with E-state index in [-0.39, 0.29) is 12.4 Å². The summed E-state index contributed by atoms with van der Waals surface area (Å²) in [5.41, 5.74) is 2.73. The van der Waals surface area contributed by atoms with Gasteiger partial charge in [0, 0.05) is 5.33 Å². The van der Waals surface area contributed by atoms with Crippen LogP contribution >= 0.6 is 27.5 Å². The molecule has 21 heavy (non-hydrogen) atoms. The molecule has 0 saturated carbocycles. The van der Waals surface area contributed by atoms with E-state index in [9.17, 15) is 4.39 Å². The zero-order valence-electron chi connectivity index (χ0n) is 11.8. The maximum absolute atomic E-state index is 13.3. The van der Waals surface area contributed by atoms with E-state index >= 15 is 0 Å². The first-order valence-corrected chi connectivity index (χ1v) is 7.85. The van der Waals surface area contributed by atoms with Gasteiger partial charge in [-0.2, -0.15) is 0 Å². The van der Waals surface area contributed by atoms with Crippen molar-refractivity contribution in [1.82, 2.24) is 0 Å². The van der Waals surface area contributed by atoms with Gasteiger partial charge in [0.2, 0.25) is 0 Å². The second-order valence-corrected chi connectivity index (χ2v) is 5.57. The predicted octanol–water partition coefficient (Wildman–Crippen LogP) is 5.27. The largest absolute Gasteiger partial charge is 0.493 e. The molecule has 2 nitrogen and oxygen atoms in total. The monoisotopic (exact) mass is 372 g/mol. The predicted molar refractivity (Wildman–Crippen MR) is 86.1 cm³/mol. The number of rotatable bonds is 5. The molecule has 2 rings (SSSR count). The Kier molecular flexibility index (Phi) is 5.48. The van der Waals surface area contributed by atoms with Gasteiger partial charge in [-0.05, 0) is 47.9 Å². The molecule has 0 unspecified atom stereocenters. The highest BCUT2D eigenvalue weighted by Crippen LogP contribution is 2.37. The van der Waals surface area contributed by atoms with Crippen LogP contribution in [-0.2, 0) is 11.9 Å². The Morgan fingerprint density at radius 3 is 2.67 bits per heavy atom. The third kappa shape index (κ3) is 3.89. The van der Waals surface area contributed by atoms with Crippen molar-refractivity contribution in [1.29, 1.82) is 0 Å². The number of benzene rings is 2. The maximum Gasteiger partial charge on any atom is 0.180 e. The highest BCUT2D eigenvalue weighted by molar-refractivity contribution is 9.08. The molecule has 0 atom stereocenters. The second-order valence-electron chi connectivity index (χ2n) is 4.60. The van der Waals surface area contributed by atoms with Crippen LogP contribution in [0.5, 0.6) is 11.5 Å². The summed E-state index contributed by atoms with van der Waals surface area (Å²) in [5.74, 6) is 0.741. The number of halogens is 3. The molecule has 0 aromatic heterocycles. The highest BCUT2D eigenvalue weighted by atomic mass is 79.9. The Balaban J connectivity index is 2.25. The lowest BCUT2D eigenvalue weighted by atomic mass is 10.1. The molecule has 0 fully saturated rings. The molecule has 112 valence electrons. The molecule has 0 bridgehead atoms. The number of methoxy groups -OCH3 is 1. The fraction of sp³-hybridized carbons (Fsp3) is 0.250. The van der Waals surface area contributed by atoms with Crippen molar-refractivity contribution < 1.29 is 13.9 Å². The summed E-state index contributed by atoms with van der Waals surface area (Å²) in [7, 11) is 1.56. The van der Waals surface area contributed by atoms with E-state index in [1.54, 1.807) is 13.2 Å². The second kappa shape index (κ2) is 7.14. The van der Waals surface area contributed by atoms with Crippen molar-refractivity contribution >= 4 is 27.5 Å². The SMILES string of the molecule is COc1cc(CBr)cc(Cl)c1OCc1cc(F)ccc1C. The molecular formula is C16H15BrClFO2. The number of ether oxygens (including phenoxy) is 2. The molecule has 2 aromatic carbocycles. The van der Waals surface area contributed by atoms with E-state index in [2.05, 4.69) is 15.9 Å². The first-order chi connectivity index (χ1) is 10.0. The van der Waals surface area contributed by atoms with Gasteiger partial charge in [-0.1, -0.05) is 33.6 Å². The molecule has 0 aliphatic carbocycles. The Morgan fingerprint density at radius 1 is 1.24 bits per heavy atom. The Hall–Kier alpha value is -1.26. The summed E-state index contributed by atoms with van der Waals surface area (Å²) in [5, 5.41) is 1.14. The Labute approximate surface area is 137 Å². The summed E-state index contributed by atoms with van der Waals surface area (Å²) in [6, 6.07) is 8.28. The molecule has 0 saturated heterocycles. The number of aryl methyl sites for hydroxylation is 1. The van der Waals surface area contributed by atoms with Crippen LogP contribution in [0.2, 0.25) is 5.02 Å². The van der Waals surface area contributed by atoms with Crippen LogP contribution in [0, 0.1) is 12.7 Å². The van der Waals surface area contributed by atoms with Crippen LogP contribution in [0.1, 0.15) is 16.7 Å². The van der Waals surface area contributed by atoms with Gasteiger partial charge in [0.15, 0.2) is 11.5 Å². The molecule has 0 N–H and O–H groups in total. The van der Waals surface area contributed by atoms with Crippen molar-refractivity contribution in [2.75, 3.05) is 7.11 Å². The lowest BCUT2D eigenvalue weighted by Gasteiger charge is -2.14. The maximum atomic E-state index is 13.3. The minimum atomic E-state index is -0.285. The van der Waals surface area contributed by atoms with Gasteiger partial charge in [-0.25, -0.2) is 4.39 Å². The zero-order chi connectivity index (χ0) is 15.4. The molecule has 2 aromatic rings. The van der Waals surface area contributed by atoms with E-state index in [0.29, 0.717) is 21.9 Å². The van der Waals surface area contributed by atoms with Crippen molar-refractivity contribution in [3.05, 3.63) is 57.9 Å². The summed E-state index contributed by atoms with van der Waals surface area (Å²) in [6.45, 7) is 2.14. The number of alkyl halides is 1. The van der Waals surface area contributed by atoms with Crippen LogP contribution < -0.4 is 9.47 Å². The smallest absolute Gasteiger partial charge is 0.180 e.